The Hall–Kier alpha value is -0.430. The molecule has 0 aromatic heterocycles. The lowest BCUT2D eigenvalue weighted by atomic mass is 9.46. The molecule has 0 spiro atoms. The first-order chi connectivity index (χ1) is 9.79. The lowest BCUT2D eigenvalue weighted by Crippen LogP contribution is -2.57. The van der Waals surface area contributed by atoms with E-state index in [4.69, 9.17) is 9.47 Å². The van der Waals surface area contributed by atoms with E-state index in [2.05, 4.69) is 25.1 Å². The summed E-state index contributed by atoms with van der Waals surface area (Å²) >= 11 is 0. The van der Waals surface area contributed by atoms with Crippen LogP contribution in [0.4, 0.5) is 0 Å². The van der Waals surface area contributed by atoms with Crippen LogP contribution in [0.15, 0.2) is 12.2 Å². The van der Waals surface area contributed by atoms with E-state index in [1.807, 2.05) is 0 Å². The van der Waals surface area contributed by atoms with Gasteiger partial charge in [-0.15, -0.1) is 0 Å². The minimum atomic E-state index is -3.37. The van der Waals surface area contributed by atoms with Gasteiger partial charge in [-0.3, -0.25) is 0 Å². The molecule has 1 N–H and O–H groups in total. The SMILES string of the molecule is C=C1C(NS(=O)(=O)CC2COCCO2)C[C@H]2C[C@@H]1C2(C)C. The second-order valence-corrected chi connectivity index (χ2v) is 8.94. The van der Waals surface area contributed by atoms with Crippen molar-refractivity contribution in [3.63, 3.8) is 0 Å². The van der Waals surface area contributed by atoms with Gasteiger partial charge in [0.15, 0.2) is 0 Å². The van der Waals surface area contributed by atoms with Gasteiger partial charge in [-0.05, 0) is 30.1 Å². The number of rotatable bonds is 4. The molecule has 120 valence electrons. The third-order valence-electron chi connectivity index (χ3n) is 5.50. The zero-order valence-electron chi connectivity index (χ0n) is 12.8. The maximum atomic E-state index is 12.3. The fraction of sp³-hybridized carbons (Fsp3) is 0.867. The summed E-state index contributed by atoms with van der Waals surface area (Å²) in [6.45, 7) is 10.0. The van der Waals surface area contributed by atoms with Crippen LogP contribution in [0.25, 0.3) is 0 Å². The molecule has 4 aliphatic rings. The first-order valence-corrected chi connectivity index (χ1v) is 9.33. The fourth-order valence-corrected chi connectivity index (χ4v) is 5.45. The second kappa shape index (κ2) is 5.33. The number of hydrogen-bond acceptors (Lipinski definition) is 4. The van der Waals surface area contributed by atoms with Gasteiger partial charge in [-0.25, -0.2) is 13.1 Å². The Labute approximate surface area is 127 Å². The average Bonchev–Trinajstić information content (AvgIpc) is 2.40. The van der Waals surface area contributed by atoms with E-state index in [9.17, 15) is 8.42 Å². The summed E-state index contributed by atoms with van der Waals surface area (Å²) in [6.07, 6.45) is 1.66. The van der Waals surface area contributed by atoms with Gasteiger partial charge >= 0.3 is 0 Å². The quantitative estimate of drug-likeness (QED) is 0.795. The summed E-state index contributed by atoms with van der Waals surface area (Å²) in [5, 5.41) is 0. The molecule has 2 unspecified atom stereocenters. The Morgan fingerprint density at radius 3 is 2.67 bits per heavy atom. The number of nitrogens with one attached hydrogen (secondary N) is 1. The molecule has 0 radical (unpaired) electrons. The van der Waals surface area contributed by atoms with Crippen LogP contribution in [0.2, 0.25) is 0 Å². The zero-order valence-corrected chi connectivity index (χ0v) is 13.6. The second-order valence-electron chi connectivity index (χ2n) is 7.14. The van der Waals surface area contributed by atoms with Gasteiger partial charge in [-0.1, -0.05) is 26.0 Å². The van der Waals surface area contributed by atoms with Gasteiger partial charge in [0.1, 0.15) is 0 Å². The highest BCUT2D eigenvalue weighted by molar-refractivity contribution is 7.89. The van der Waals surface area contributed by atoms with Crippen molar-refractivity contribution in [2.24, 2.45) is 17.3 Å². The van der Waals surface area contributed by atoms with E-state index in [0.29, 0.717) is 31.7 Å². The molecule has 1 saturated heterocycles. The molecule has 4 rings (SSSR count). The normalized spacial score (nSPS) is 38.9. The maximum Gasteiger partial charge on any atom is 0.214 e. The highest BCUT2D eigenvalue weighted by Gasteiger charge is 2.55. The third-order valence-corrected chi connectivity index (χ3v) is 6.95. The van der Waals surface area contributed by atoms with Gasteiger partial charge in [0, 0.05) is 6.04 Å². The number of fused-ring (bicyclic) bond motifs is 2. The minimum Gasteiger partial charge on any atom is -0.376 e. The molecule has 0 aromatic rings. The first kappa shape index (κ1) is 15.5. The van der Waals surface area contributed by atoms with Crippen LogP contribution in [-0.2, 0) is 19.5 Å². The Bertz CT molecular complexity index is 522. The van der Waals surface area contributed by atoms with Gasteiger partial charge in [-0.2, -0.15) is 0 Å². The van der Waals surface area contributed by atoms with Gasteiger partial charge in [0.2, 0.25) is 10.0 Å². The molecule has 3 saturated carbocycles. The molecule has 4 atom stereocenters. The monoisotopic (exact) mass is 315 g/mol. The van der Waals surface area contributed by atoms with E-state index in [1.54, 1.807) is 0 Å². The van der Waals surface area contributed by atoms with Crippen molar-refractivity contribution in [1.82, 2.24) is 4.72 Å². The molecule has 21 heavy (non-hydrogen) atoms. The summed E-state index contributed by atoms with van der Waals surface area (Å²) in [5.41, 5.74) is 1.33. The van der Waals surface area contributed by atoms with Crippen LogP contribution in [0.5, 0.6) is 0 Å². The molecule has 1 aliphatic heterocycles. The van der Waals surface area contributed by atoms with Crippen molar-refractivity contribution in [1.29, 1.82) is 0 Å². The Morgan fingerprint density at radius 2 is 2.10 bits per heavy atom. The smallest absolute Gasteiger partial charge is 0.214 e. The van der Waals surface area contributed by atoms with E-state index < -0.39 is 10.0 Å². The molecule has 4 fully saturated rings. The van der Waals surface area contributed by atoms with Crippen molar-refractivity contribution < 1.29 is 17.9 Å². The van der Waals surface area contributed by atoms with Gasteiger partial charge in [0.05, 0.1) is 31.7 Å². The molecule has 6 heteroatoms. The maximum absolute atomic E-state index is 12.3. The van der Waals surface area contributed by atoms with Crippen molar-refractivity contribution in [2.45, 2.75) is 38.8 Å². The molecule has 1 heterocycles. The molecule has 2 bridgehead atoms. The lowest BCUT2D eigenvalue weighted by Gasteiger charge is -2.59. The van der Waals surface area contributed by atoms with Crippen LogP contribution in [0, 0.1) is 17.3 Å². The van der Waals surface area contributed by atoms with E-state index >= 15 is 0 Å². The highest BCUT2D eigenvalue weighted by atomic mass is 32.2. The predicted molar refractivity (Wildman–Crippen MR) is 80.4 cm³/mol. The van der Waals surface area contributed by atoms with Crippen LogP contribution < -0.4 is 4.72 Å². The number of ether oxygens (including phenoxy) is 2. The fourth-order valence-electron chi connectivity index (χ4n) is 3.99. The van der Waals surface area contributed by atoms with Crippen molar-refractivity contribution in [3.8, 4) is 0 Å². The molecular weight excluding hydrogens is 290 g/mol. The Balaban J connectivity index is 1.60. The number of hydrogen-bond donors (Lipinski definition) is 1. The summed E-state index contributed by atoms with van der Waals surface area (Å²) in [6, 6.07) is -0.115. The molecule has 3 aliphatic carbocycles. The molecule has 5 nitrogen and oxygen atoms in total. The van der Waals surface area contributed by atoms with Crippen molar-refractivity contribution in [3.05, 3.63) is 12.2 Å². The molecule has 0 aromatic carbocycles. The van der Waals surface area contributed by atoms with E-state index in [0.717, 1.165) is 18.4 Å². The van der Waals surface area contributed by atoms with Gasteiger partial charge < -0.3 is 9.47 Å². The Morgan fingerprint density at radius 1 is 1.33 bits per heavy atom. The topological polar surface area (TPSA) is 64.6 Å². The van der Waals surface area contributed by atoms with Crippen LogP contribution in [-0.4, -0.2) is 46.1 Å². The highest BCUT2D eigenvalue weighted by Crippen LogP contribution is 2.60. The largest absolute Gasteiger partial charge is 0.376 e. The van der Waals surface area contributed by atoms with E-state index in [1.165, 1.54) is 0 Å². The zero-order chi connectivity index (χ0) is 15.3. The third kappa shape index (κ3) is 2.91. The summed E-state index contributed by atoms with van der Waals surface area (Å²) < 4.78 is 38.1. The first-order valence-electron chi connectivity index (χ1n) is 7.67. The standard InChI is InChI=1S/C15H25NO4S/c1-10-13-6-11(15(13,2)3)7-14(10)16-21(17,18)9-12-8-19-4-5-20-12/h11-14,16H,1,4-9H2,2-3H3/t11-,12?,13+,14?/m1/s1. The Kier molecular flexibility index (Phi) is 3.93. The molecular formula is C15H25NO4S. The minimum absolute atomic E-state index is 0.0322. The van der Waals surface area contributed by atoms with Crippen LogP contribution >= 0.6 is 0 Å². The average molecular weight is 315 g/mol. The lowest BCUT2D eigenvalue weighted by molar-refractivity contribution is -0.0783. The van der Waals surface area contributed by atoms with Crippen molar-refractivity contribution >= 4 is 10.0 Å². The van der Waals surface area contributed by atoms with Crippen LogP contribution in [0.3, 0.4) is 0 Å². The van der Waals surface area contributed by atoms with E-state index in [-0.39, 0.29) is 23.3 Å². The number of sulfonamides is 1. The van der Waals surface area contributed by atoms with Crippen molar-refractivity contribution in [2.75, 3.05) is 25.6 Å². The van der Waals surface area contributed by atoms with Gasteiger partial charge in [0.25, 0.3) is 0 Å². The summed E-state index contributed by atoms with van der Waals surface area (Å²) in [4.78, 5) is 0. The summed E-state index contributed by atoms with van der Waals surface area (Å²) in [5.74, 6) is 1.00. The summed E-state index contributed by atoms with van der Waals surface area (Å²) in [7, 11) is -3.37. The van der Waals surface area contributed by atoms with Crippen LogP contribution in [0.1, 0.15) is 26.7 Å². The molecule has 0 amide bonds. The predicted octanol–water partition coefficient (Wildman–Crippen LogP) is 1.31.